The highest BCUT2D eigenvalue weighted by atomic mass is 16.2. The van der Waals surface area contributed by atoms with Crippen molar-refractivity contribution in [1.29, 1.82) is 0 Å². The molecule has 2 aromatic rings. The third kappa shape index (κ3) is 2.91. The fourth-order valence-corrected chi connectivity index (χ4v) is 4.11. The van der Waals surface area contributed by atoms with Gasteiger partial charge in [-0.25, -0.2) is 0 Å². The topological polar surface area (TPSA) is 49.6 Å². The van der Waals surface area contributed by atoms with E-state index in [9.17, 15) is 4.79 Å². The number of anilines is 2. The first-order chi connectivity index (χ1) is 12.1. The van der Waals surface area contributed by atoms with Gasteiger partial charge in [-0.3, -0.25) is 9.69 Å². The molecule has 0 aromatic heterocycles. The van der Waals surface area contributed by atoms with Gasteiger partial charge in [0.15, 0.2) is 0 Å². The Labute approximate surface area is 149 Å². The highest BCUT2D eigenvalue weighted by Crippen LogP contribution is 2.32. The summed E-state index contributed by atoms with van der Waals surface area (Å²) in [5.74, 6) is 0.186. The van der Waals surface area contributed by atoms with E-state index in [-0.39, 0.29) is 11.9 Å². The Kier molecular flexibility index (Phi) is 4.22. The van der Waals surface area contributed by atoms with Crippen molar-refractivity contribution in [2.75, 3.05) is 23.7 Å². The van der Waals surface area contributed by atoms with Crippen molar-refractivity contribution in [2.24, 2.45) is 0 Å². The van der Waals surface area contributed by atoms with Crippen LogP contribution in [-0.2, 0) is 24.2 Å². The SMILES string of the molecule is CC(C(=O)N1CCCc2c(N)cccc21)N1CCc2ccccc2C1. The monoisotopic (exact) mass is 335 g/mol. The van der Waals surface area contributed by atoms with E-state index in [0.717, 1.165) is 55.8 Å². The molecule has 4 rings (SSSR count). The number of nitrogens with zero attached hydrogens (tertiary/aromatic N) is 2. The minimum absolute atomic E-state index is 0.124. The van der Waals surface area contributed by atoms with Crippen LogP contribution in [0.4, 0.5) is 11.4 Å². The van der Waals surface area contributed by atoms with Gasteiger partial charge in [0, 0.05) is 31.0 Å². The summed E-state index contributed by atoms with van der Waals surface area (Å²) >= 11 is 0. The molecule has 1 amide bonds. The van der Waals surface area contributed by atoms with Crippen LogP contribution in [0.5, 0.6) is 0 Å². The summed E-state index contributed by atoms with van der Waals surface area (Å²) in [7, 11) is 0. The molecule has 0 bridgehead atoms. The average molecular weight is 335 g/mol. The second-order valence-electron chi connectivity index (χ2n) is 7.10. The Morgan fingerprint density at radius 3 is 2.68 bits per heavy atom. The number of hydrogen-bond acceptors (Lipinski definition) is 3. The summed E-state index contributed by atoms with van der Waals surface area (Å²) in [4.78, 5) is 17.5. The zero-order valence-corrected chi connectivity index (χ0v) is 14.7. The number of nitrogen functional groups attached to an aromatic ring is 1. The van der Waals surface area contributed by atoms with E-state index in [1.165, 1.54) is 11.1 Å². The zero-order chi connectivity index (χ0) is 17.4. The van der Waals surface area contributed by atoms with Crippen molar-refractivity contribution in [3.05, 3.63) is 59.2 Å². The van der Waals surface area contributed by atoms with E-state index in [4.69, 9.17) is 5.73 Å². The fraction of sp³-hybridized carbons (Fsp3) is 0.381. The van der Waals surface area contributed by atoms with Gasteiger partial charge in [-0.05, 0) is 55.0 Å². The molecule has 0 radical (unpaired) electrons. The Morgan fingerprint density at radius 1 is 1.04 bits per heavy atom. The molecule has 4 nitrogen and oxygen atoms in total. The van der Waals surface area contributed by atoms with Crippen molar-refractivity contribution >= 4 is 17.3 Å². The maximum atomic E-state index is 13.2. The van der Waals surface area contributed by atoms with E-state index in [1.54, 1.807) is 0 Å². The van der Waals surface area contributed by atoms with Crippen LogP contribution in [0.25, 0.3) is 0 Å². The Bertz CT molecular complexity index is 801. The van der Waals surface area contributed by atoms with Crippen molar-refractivity contribution in [2.45, 2.75) is 38.8 Å². The summed E-state index contributed by atoms with van der Waals surface area (Å²) < 4.78 is 0. The van der Waals surface area contributed by atoms with Crippen LogP contribution in [0.15, 0.2) is 42.5 Å². The van der Waals surface area contributed by atoms with Gasteiger partial charge in [-0.1, -0.05) is 30.3 Å². The molecule has 2 heterocycles. The Balaban J connectivity index is 1.55. The second-order valence-corrected chi connectivity index (χ2v) is 7.10. The van der Waals surface area contributed by atoms with E-state index in [0.29, 0.717) is 0 Å². The van der Waals surface area contributed by atoms with Gasteiger partial charge in [0.1, 0.15) is 0 Å². The van der Waals surface area contributed by atoms with Gasteiger partial charge in [-0.2, -0.15) is 0 Å². The molecule has 0 saturated carbocycles. The van der Waals surface area contributed by atoms with Gasteiger partial charge < -0.3 is 10.6 Å². The van der Waals surface area contributed by atoms with Crippen LogP contribution in [0.2, 0.25) is 0 Å². The largest absolute Gasteiger partial charge is 0.398 e. The van der Waals surface area contributed by atoms with Crippen LogP contribution < -0.4 is 10.6 Å². The van der Waals surface area contributed by atoms with Crippen LogP contribution >= 0.6 is 0 Å². The number of nitrogens with two attached hydrogens (primary N) is 1. The molecule has 1 atom stereocenters. The molecule has 0 spiro atoms. The molecule has 0 saturated heterocycles. The number of hydrogen-bond donors (Lipinski definition) is 1. The summed E-state index contributed by atoms with van der Waals surface area (Å²) in [6.45, 7) is 4.60. The van der Waals surface area contributed by atoms with Gasteiger partial charge in [0.05, 0.1) is 6.04 Å². The van der Waals surface area contributed by atoms with Gasteiger partial charge in [0.2, 0.25) is 5.91 Å². The zero-order valence-electron chi connectivity index (χ0n) is 14.7. The average Bonchev–Trinajstić information content (AvgIpc) is 2.66. The molecule has 2 N–H and O–H groups in total. The summed E-state index contributed by atoms with van der Waals surface area (Å²) in [5.41, 5.74) is 11.8. The Morgan fingerprint density at radius 2 is 1.84 bits per heavy atom. The number of carbonyl (C=O) groups excluding carboxylic acids is 1. The van der Waals surface area contributed by atoms with Gasteiger partial charge in [-0.15, -0.1) is 0 Å². The van der Waals surface area contributed by atoms with Crippen molar-refractivity contribution in [1.82, 2.24) is 4.90 Å². The first kappa shape index (κ1) is 16.2. The van der Waals surface area contributed by atoms with Crippen molar-refractivity contribution < 1.29 is 4.79 Å². The highest BCUT2D eigenvalue weighted by molar-refractivity contribution is 5.98. The number of rotatable bonds is 2. The molecular formula is C21H25N3O. The number of benzene rings is 2. The number of fused-ring (bicyclic) bond motifs is 2. The van der Waals surface area contributed by atoms with Crippen LogP contribution in [-0.4, -0.2) is 29.9 Å². The molecule has 2 aliphatic rings. The third-order valence-electron chi connectivity index (χ3n) is 5.62. The number of carbonyl (C=O) groups is 1. The van der Waals surface area contributed by atoms with E-state index in [1.807, 2.05) is 30.0 Å². The lowest BCUT2D eigenvalue weighted by Crippen LogP contribution is -2.50. The normalized spacial score (nSPS) is 18.4. The summed E-state index contributed by atoms with van der Waals surface area (Å²) in [6.07, 6.45) is 2.94. The van der Waals surface area contributed by atoms with Gasteiger partial charge in [0.25, 0.3) is 0 Å². The standard InChI is InChI=1S/C21H25N3O/c1-15(23-13-11-16-6-2-3-7-17(16)14-23)21(25)24-12-5-8-18-19(22)9-4-10-20(18)24/h2-4,6-7,9-10,15H,5,8,11-14,22H2,1H3. The lowest BCUT2D eigenvalue weighted by molar-refractivity contribution is -0.123. The molecule has 0 aliphatic carbocycles. The van der Waals surface area contributed by atoms with E-state index in [2.05, 4.69) is 29.2 Å². The maximum absolute atomic E-state index is 13.2. The second kappa shape index (κ2) is 6.52. The fourth-order valence-electron chi connectivity index (χ4n) is 4.11. The minimum Gasteiger partial charge on any atom is -0.398 e. The molecule has 1 unspecified atom stereocenters. The minimum atomic E-state index is -0.124. The van der Waals surface area contributed by atoms with Gasteiger partial charge >= 0.3 is 0 Å². The molecule has 0 fully saturated rings. The van der Waals surface area contributed by atoms with Crippen molar-refractivity contribution in [3.63, 3.8) is 0 Å². The smallest absolute Gasteiger partial charge is 0.244 e. The van der Waals surface area contributed by atoms with Crippen LogP contribution in [0, 0.1) is 0 Å². The molecule has 2 aliphatic heterocycles. The first-order valence-electron chi connectivity index (χ1n) is 9.14. The van der Waals surface area contributed by atoms with E-state index >= 15 is 0 Å². The molecular weight excluding hydrogens is 310 g/mol. The lowest BCUT2D eigenvalue weighted by atomic mass is 9.97. The van der Waals surface area contributed by atoms with Crippen LogP contribution in [0.3, 0.4) is 0 Å². The summed E-state index contributed by atoms with van der Waals surface area (Å²) in [6, 6.07) is 14.3. The Hall–Kier alpha value is -2.33. The van der Waals surface area contributed by atoms with E-state index < -0.39 is 0 Å². The predicted molar refractivity (Wildman–Crippen MR) is 102 cm³/mol. The summed E-state index contributed by atoms with van der Waals surface area (Å²) in [5, 5.41) is 0. The third-order valence-corrected chi connectivity index (χ3v) is 5.62. The highest BCUT2D eigenvalue weighted by Gasteiger charge is 2.31. The van der Waals surface area contributed by atoms with Crippen molar-refractivity contribution in [3.8, 4) is 0 Å². The maximum Gasteiger partial charge on any atom is 0.244 e. The molecule has 4 heteroatoms. The quantitative estimate of drug-likeness (QED) is 0.859. The lowest BCUT2D eigenvalue weighted by Gasteiger charge is -2.37. The molecule has 25 heavy (non-hydrogen) atoms. The molecule has 130 valence electrons. The number of amides is 1. The predicted octanol–water partition coefficient (Wildman–Crippen LogP) is 2.99. The first-order valence-corrected chi connectivity index (χ1v) is 9.14. The van der Waals surface area contributed by atoms with Crippen LogP contribution in [0.1, 0.15) is 30.0 Å². The molecule has 2 aromatic carbocycles.